The van der Waals surface area contributed by atoms with E-state index in [0.29, 0.717) is 39.7 Å². The van der Waals surface area contributed by atoms with Crippen LogP contribution in [-0.4, -0.2) is 38.8 Å². The van der Waals surface area contributed by atoms with Gasteiger partial charge in [0.2, 0.25) is 0 Å². The predicted octanol–water partition coefficient (Wildman–Crippen LogP) is 4.50. The first-order valence-electron chi connectivity index (χ1n) is 8.03. The Morgan fingerprint density at radius 2 is 1.77 bits per heavy atom. The summed E-state index contributed by atoms with van der Waals surface area (Å²) in [5.74, 6) is 0.0820. The molecule has 1 heterocycles. The van der Waals surface area contributed by atoms with Crippen LogP contribution < -0.4 is 15.0 Å². The first-order chi connectivity index (χ1) is 12.5. The first-order valence-corrected chi connectivity index (χ1v) is 9.16. The van der Waals surface area contributed by atoms with Crippen molar-refractivity contribution in [2.24, 2.45) is 0 Å². The summed E-state index contributed by atoms with van der Waals surface area (Å²) in [6, 6.07) is 10.2. The van der Waals surface area contributed by atoms with Crippen molar-refractivity contribution in [3.63, 3.8) is 0 Å². The molecule has 0 atom stereocenters. The second kappa shape index (κ2) is 8.82. The molecular weight excluding hydrogens is 399 g/mol. The van der Waals surface area contributed by atoms with E-state index in [4.69, 9.17) is 44.3 Å². The number of nitrogens with zero attached hydrogens (tertiary/aromatic N) is 1. The summed E-state index contributed by atoms with van der Waals surface area (Å²) in [5, 5.41) is 4.24. The number of morpholine rings is 1. The van der Waals surface area contributed by atoms with Gasteiger partial charge in [0.05, 0.1) is 29.6 Å². The van der Waals surface area contributed by atoms with E-state index in [1.165, 1.54) is 0 Å². The lowest BCUT2D eigenvalue weighted by atomic mass is 10.2. The number of hydrogen-bond donors (Lipinski definition) is 1. The zero-order valence-corrected chi connectivity index (χ0v) is 16.1. The maximum atomic E-state index is 12.3. The van der Waals surface area contributed by atoms with Gasteiger partial charge in [-0.25, -0.2) is 0 Å². The lowest BCUT2D eigenvalue weighted by Crippen LogP contribution is -2.37. The van der Waals surface area contributed by atoms with Crippen molar-refractivity contribution in [3.8, 4) is 5.75 Å². The monoisotopic (exact) mass is 414 g/mol. The largest absolute Gasteiger partial charge is 0.482 e. The minimum absolute atomic E-state index is 0.184. The van der Waals surface area contributed by atoms with E-state index in [0.717, 1.165) is 18.8 Å². The average molecular weight is 416 g/mol. The van der Waals surface area contributed by atoms with Crippen molar-refractivity contribution < 1.29 is 14.3 Å². The first kappa shape index (κ1) is 19.1. The Bertz CT molecular complexity index is 795. The number of hydrogen-bond acceptors (Lipinski definition) is 4. The summed E-state index contributed by atoms with van der Waals surface area (Å²) < 4.78 is 10.8. The fourth-order valence-electron chi connectivity index (χ4n) is 2.61. The number of carbonyl (C=O) groups excluding carboxylic acids is 1. The standard InChI is InChI=1S/C18H17Cl3N2O3/c19-12-2-4-17(14(21)9-12)26-11-18(24)22-15-10-13(20)1-3-16(15)23-5-7-25-8-6-23/h1-4,9-10H,5-8,11H2,(H,22,24). The van der Waals surface area contributed by atoms with Gasteiger partial charge in [0.25, 0.3) is 5.91 Å². The van der Waals surface area contributed by atoms with Gasteiger partial charge in [-0.15, -0.1) is 0 Å². The third-order valence-corrected chi connectivity index (χ3v) is 4.60. The molecule has 3 rings (SSSR count). The van der Waals surface area contributed by atoms with Crippen molar-refractivity contribution >= 4 is 52.1 Å². The molecule has 0 bridgehead atoms. The molecule has 0 saturated carbocycles. The zero-order chi connectivity index (χ0) is 18.5. The van der Waals surface area contributed by atoms with Crippen molar-refractivity contribution in [3.05, 3.63) is 51.5 Å². The Hall–Kier alpha value is -1.66. The van der Waals surface area contributed by atoms with E-state index in [2.05, 4.69) is 10.2 Å². The number of rotatable bonds is 5. The molecule has 0 aliphatic carbocycles. The van der Waals surface area contributed by atoms with Crippen LogP contribution in [0, 0.1) is 0 Å². The molecule has 138 valence electrons. The van der Waals surface area contributed by atoms with Crippen molar-refractivity contribution in [2.45, 2.75) is 0 Å². The third kappa shape index (κ3) is 4.95. The maximum absolute atomic E-state index is 12.3. The molecule has 1 aliphatic heterocycles. The molecule has 2 aromatic rings. The second-order valence-electron chi connectivity index (χ2n) is 5.67. The number of anilines is 2. The highest BCUT2D eigenvalue weighted by Crippen LogP contribution is 2.30. The van der Waals surface area contributed by atoms with Crippen LogP contribution in [0.4, 0.5) is 11.4 Å². The van der Waals surface area contributed by atoms with Gasteiger partial charge in [-0.05, 0) is 36.4 Å². The van der Waals surface area contributed by atoms with Crippen LogP contribution in [0.1, 0.15) is 0 Å². The van der Waals surface area contributed by atoms with Crippen LogP contribution in [0.25, 0.3) is 0 Å². The highest BCUT2D eigenvalue weighted by molar-refractivity contribution is 6.35. The van der Waals surface area contributed by atoms with E-state index in [-0.39, 0.29) is 12.5 Å². The molecule has 0 spiro atoms. The van der Waals surface area contributed by atoms with Crippen molar-refractivity contribution in [1.29, 1.82) is 0 Å². The molecule has 5 nitrogen and oxygen atoms in total. The number of carbonyl (C=O) groups is 1. The molecule has 8 heteroatoms. The molecule has 26 heavy (non-hydrogen) atoms. The van der Waals surface area contributed by atoms with Gasteiger partial charge in [0, 0.05) is 23.1 Å². The number of nitrogens with one attached hydrogen (secondary N) is 1. The summed E-state index contributed by atoms with van der Waals surface area (Å²) in [7, 11) is 0. The van der Waals surface area contributed by atoms with Gasteiger partial charge in [0.15, 0.2) is 6.61 Å². The highest BCUT2D eigenvalue weighted by Gasteiger charge is 2.17. The van der Waals surface area contributed by atoms with Gasteiger partial charge in [-0.1, -0.05) is 34.8 Å². The fraction of sp³-hybridized carbons (Fsp3) is 0.278. The Morgan fingerprint density at radius 1 is 1.08 bits per heavy atom. The minimum Gasteiger partial charge on any atom is -0.482 e. The van der Waals surface area contributed by atoms with Gasteiger partial charge >= 0.3 is 0 Å². The minimum atomic E-state index is -0.312. The summed E-state index contributed by atoms with van der Waals surface area (Å²) in [6.07, 6.45) is 0. The van der Waals surface area contributed by atoms with Gasteiger partial charge < -0.3 is 19.7 Å². The van der Waals surface area contributed by atoms with Gasteiger partial charge in [0.1, 0.15) is 5.75 Å². The average Bonchev–Trinajstić information content (AvgIpc) is 2.62. The maximum Gasteiger partial charge on any atom is 0.262 e. The Balaban J connectivity index is 1.67. The molecule has 1 fully saturated rings. The quantitative estimate of drug-likeness (QED) is 0.781. The summed E-state index contributed by atoms with van der Waals surface area (Å²) in [4.78, 5) is 14.5. The Kier molecular flexibility index (Phi) is 6.48. The van der Waals surface area contributed by atoms with E-state index in [9.17, 15) is 4.79 Å². The van der Waals surface area contributed by atoms with E-state index < -0.39 is 0 Å². The smallest absolute Gasteiger partial charge is 0.262 e. The van der Waals surface area contributed by atoms with E-state index in [1.54, 1.807) is 30.3 Å². The predicted molar refractivity (Wildman–Crippen MR) is 105 cm³/mol. The van der Waals surface area contributed by atoms with E-state index >= 15 is 0 Å². The number of halogens is 3. The molecule has 0 radical (unpaired) electrons. The Labute approximate surface area is 166 Å². The number of amides is 1. The molecule has 1 N–H and O–H groups in total. The zero-order valence-electron chi connectivity index (χ0n) is 13.8. The topological polar surface area (TPSA) is 50.8 Å². The van der Waals surface area contributed by atoms with Gasteiger partial charge in [-0.3, -0.25) is 4.79 Å². The van der Waals surface area contributed by atoms with Crippen molar-refractivity contribution in [1.82, 2.24) is 0 Å². The van der Waals surface area contributed by atoms with Crippen LogP contribution in [0.2, 0.25) is 15.1 Å². The molecule has 1 saturated heterocycles. The SMILES string of the molecule is O=C(COc1ccc(Cl)cc1Cl)Nc1cc(Cl)ccc1N1CCOCC1. The molecule has 0 unspecified atom stereocenters. The van der Waals surface area contributed by atoms with E-state index in [1.807, 2.05) is 6.07 Å². The van der Waals surface area contributed by atoms with Crippen molar-refractivity contribution in [2.75, 3.05) is 43.1 Å². The van der Waals surface area contributed by atoms with Gasteiger partial charge in [-0.2, -0.15) is 0 Å². The summed E-state index contributed by atoms with van der Waals surface area (Å²) in [6.45, 7) is 2.61. The van der Waals surface area contributed by atoms with Crippen LogP contribution in [0.5, 0.6) is 5.75 Å². The van der Waals surface area contributed by atoms with Crippen LogP contribution in [0.3, 0.4) is 0 Å². The van der Waals surface area contributed by atoms with Crippen LogP contribution in [-0.2, 0) is 9.53 Å². The van der Waals surface area contributed by atoms with Crippen LogP contribution >= 0.6 is 34.8 Å². The highest BCUT2D eigenvalue weighted by atomic mass is 35.5. The normalized spacial score (nSPS) is 14.2. The summed E-state index contributed by atoms with van der Waals surface area (Å²) >= 11 is 18.0. The second-order valence-corrected chi connectivity index (χ2v) is 6.95. The molecule has 1 amide bonds. The number of ether oxygens (including phenoxy) is 2. The molecule has 0 aromatic heterocycles. The molecule has 1 aliphatic rings. The third-order valence-electron chi connectivity index (χ3n) is 3.84. The fourth-order valence-corrected chi connectivity index (χ4v) is 3.25. The molecule has 2 aromatic carbocycles. The van der Waals surface area contributed by atoms with Crippen LogP contribution in [0.15, 0.2) is 36.4 Å². The summed E-state index contributed by atoms with van der Waals surface area (Å²) in [5.41, 5.74) is 1.53. The number of benzene rings is 2. The Morgan fingerprint density at radius 3 is 2.50 bits per heavy atom. The lowest BCUT2D eigenvalue weighted by molar-refractivity contribution is -0.118. The molecular formula is C18H17Cl3N2O3. The lowest BCUT2D eigenvalue weighted by Gasteiger charge is -2.30.